The second kappa shape index (κ2) is 4.35. The monoisotopic (exact) mass is 287 g/mol. The maximum atomic E-state index is 12.6. The van der Waals surface area contributed by atoms with E-state index < -0.39 is 0 Å². The molecular formula is C16H17NO4. The number of rotatable bonds is 1. The molecule has 1 heterocycles. The van der Waals surface area contributed by atoms with E-state index in [1.54, 1.807) is 18.2 Å². The van der Waals surface area contributed by atoms with Crippen molar-refractivity contribution in [3.63, 3.8) is 0 Å². The van der Waals surface area contributed by atoms with Gasteiger partial charge in [-0.05, 0) is 30.0 Å². The van der Waals surface area contributed by atoms with Crippen molar-refractivity contribution in [2.24, 2.45) is 5.41 Å². The zero-order valence-electron chi connectivity index (χ0n) is 12.3. The van der Waals surface area contributed by atoms with Crippen molar-refractivity contribution in [2.45, 2.75) is 26.7 Å². The zero-order valence-corrected chi connectivity index (χ0v) is 12.3. The number of carbonyl (C=O) groups excluding carboxylic acids is 1. The molecule has 1 N–H and O–H groups in total. The molecule has 110 valence electrons. The van der Waals surface area contributed by atoms with Crippen LogP contribution in [0.5, 0.6) is 5.75 Å². The number of methoxy groups -OCH3 is 1. The highest BCUT2D eigenvalue weighted by Crippen LogP contribution is 2.34. The van der Waals surface area contributed by atoms with Crippen LogP contribution in [0.4, 0.5) is 0 Å². The average molecular weight is 287 g/mol. The molecule has 0 bridgehead atoms. The lowest BCUT2D eigenvalue weighted by Gasteiger charge is -2.30. The first-order valence-corrected chi connectivity index (χ1v) is 6.82. The quantitative estimate of drug-likeness (QED) is 0.818. The topological polar surface area (TPSA) is 68.5 Å². The van der Waals surface area contributed by atoms with E-state index in [0.29, 0.717) is 35.2 Å². The minimum Gasteiger partial charge on any atom is -0.497 e. The van der Waals surface area contributed by atoms with Gasteiger partial charge in [0, 0.05) is 6.42 Å². The van der Waals surface area contributed by atoms with E-state index in [9.17, 15) is 14.8 Å². The minimum atomic E-state index is -0.329. The maximum absolute atomic E-state index is 12.6. The molecule has 1 aliphatic rings. The van der Waals surface area contributed by atoms with E-state index in [2.05, 4.69) is 0 Å². The summed E-state index contributed by atoms with van der Waals surface area (Å²) in [4.78, 5) is 24.9. The van der Waals surface area contributed by atoms with Gasteiger partial charge < -0.3 is 9.94 Å². The molecule has 2 aromatic rings. The van der Waals surface area contributed by atoms with Crippen LogP contribution >= 0.6 is 0 Å². The average Bonchev–Trinajstić information content (AvgIpc) is 2.42. The van der Waals surface area contributed by atoms with Gasteiger partial charge in [0.25, 0.3) is 0 Å². The van der Waals surface area contributed by atoms with Crippen LogP contribution in [-0.4, -0.2) is 22.8 Å². The van der Waals surface area contributed by atoms with Crippen LogP contribution in [0.25, 0.3) is 10.9 Å². The number of ether oxygens (including phenoxy) is 1. The Morgan fingerprint density at radius 2 is 1.95 bits per heavy atom. The van der Waals surface area contributed by atoms with Crippen LogP contribution in [-0.2, 0) is 6.42 Å². The summed E-state index contributed by atoms with van der Waals surface area (Å²) in [6.45, 7) is 3.91. The van der Waals surface area contributed by atoms with Crippen LogP contribution in [0.2, 0.25) is 0 Å². The van der Waals surface area contributed by atoms with E-state index in [1.165, 1.54) is 7.11 Å². The smallest absolute Gasteiger partial charge is 0.200 e. The number of carbonyl (C=O) groups is 1. The zero-order chi connectivity index (χ0) is 15.4. The van der Waals surface area contributed by atoms with E-state index >= 15 is 0 Å². The van der Waals surface area contributed by atoms with Crippen molar-refractivity contribution in [2.75, 3.05) is 7.11 Å². The molecule has 21 heavy (non-hydrogen) atoms. The highest BCUT2D eigenvalue weighted by molar-refractivity contribution is 6.01. The Hall–Kier alpha value is -2.30. The third kappa shape index (κ3) is 2.00. The summed E-state index contributed by atoms with van der Waals surface area (Å²) in [5.74, 6) is 0.307. The molecule has 5 heteroatoms. The molecule has 1 aromatic carbocycles. The number of benzene rings is 1. The van der Waals surface area contributed by atoms with Gasteiger partial charge >= 0.3 is 0 Å². The van der Waals surface area contributed by atoms with Crippen molar-refractivity contribution in [3.05, 3.63) is 39.7 Å². The Morgan fingerprint density at radius 1 is 1.24 bits per heavy atom. The number of hydrogen-bond acceptors (Lipinski definition) is 4. The lowest BCUT2D eigenvalue weighted by Crippen LogP contribution is -2.34. The lowest BCUT2D eigenvalue weighted by atomic mass is 9.75. The molecule has 3 rings (SSSR count). The molecule has 0 saturated heterocycles. The summed E-state index contributed by atoms with van der Waals surface area (Å²) in [5, 5.41) is 10.7. The normalized spacial score (nSPS) is 16.8. The number of pyridine rings is 1. The molecule has 5 nitrogen and oxygen atoms in total. The van der Waals surface area contributed by atoms with Crippen LogP contribution in [0, 0.1) is 5.41 Å². The standard InChI is InChI=1S/C16H17NO4/c1-16(2)7-12-14(13(18)8-16)15(19)10-6-9(21-3)4-5-11(10)17(12)20/h4-6,20H,7-8H2,1-3H3. The Labute approximate surface area is 121 Å². The van der Waals surface area contributed by atoms with Crippen molar-refractivity contribution in [3.8, 4) is 5.75 Å². The van der Waals surface area contributed by atoms with Crippen LogP contribution in [0.15, 0.2) is 23.0 Å². The first-order chi connectivity index (χ1) is 9.84. The van der Waals surface area contributed by atoms with E-state index in [1.807, 2.05) is 13.8 Å². The van der Waals surface area contributed by atoms with Gasteiger partial charge in [-0.25, -0.2) is 0 Å². The second-order valence-corrected chi connectivity index (χ2v) is 6.29. The third-order valence-corrected chi connectivity index (χ3v) is 4.01. The Kier molecular flexibility index (Phi) is 2.83. The molecular weight excluding hydrogens is 270 g/mol. The summed E-state index contributed by atoms with van der Waals surface area (Å²) in [5.41, 5.74) is 0.312. The van der Waals surface area contributed by atoms with Gasteiger partial charge in [0.2, 0.25) is 5.43 Å². The molecule has 0 amide bonds. The highest BCUT2D eigenvalue weighted by atomic mass is 16.5. The first-order valence-electron chi connectivity index (χ1n) is 6.82. The largest absolute Gasteiger partial charge is 0.497 e. The van der Waals surface area contributed by atoms with Crippen LogP contribution in [0.3, 0.4) is 0 Å². The summed E-state index contributed by atoms with van der Waals surface area (Å²) in [6, 6.07) is 4.86. The van der Waals surface area contributed by atoms with Gasteiger partial charge in [-0.3, -0.25) is 9.59 Å². The second-order valence-electron chi connectivity index (χ2n) is 6.29. The molecule has 0 radical (unpaired) electrons. The summed E-state index contributed by atoms with van der Waals surface area (Å²) in [6.07, 6.45) is 0.798. The van der Waals surface area contributed by atoms with Gasteiger partial charge in [-0.1, -0.05) is 13.8 Å². The molecule has 0 saturated carbocycles. The molecule has 0 spiro atoms. The minimum absolute atomic E-state index is 0.109. The predicted octanol–water partition coefficient (Wildman–Crippen LogP) is 2.40. The maximum Gasteiger partial charge on any atom is 0.200 e. The number of aromatic nitrogens is 1. The van der Waals surface area contributed by atoms with Crippen LogP contribution in [0.1, 0.15) is 36.3 Å². The molecule has 0 atom stereocenters. The number of nitrogens with zero attached hydrogens (tertiary/aromatic N) is 1. The van der Waals surface area contributed by atoms with Gasteiger partial charge in [-0.15, -0.1) is 0 Å². The Bertz CT molecular complexity index is 817. The Morgan fingerprint density at radius 3 is 2.62 bits per heavy atom. The third-order valence-electron chi connectivity index (χ3n) is 4.01. The molecule has 0 fully saturated rings. The fraction of sp³-hybridized carbons (Fsp3) is 0.375. The van der Waals surface area contributed by atoms with Gasteiger partial charge in [0.1, 0.15) is 5.75 Å². The van der Waals surface area contributed by atoms with Gasteiger partial charge in [0.05, 0.1) is 29.3 Å². The summed E-state index contributed by atoms with van der Waals surface area (Å²) < 4.78 is 6.08. The van der Waals surface area contributed by atoms with Crippen molar-refractivity contribution >= 4 is 16.7 Å². The fourth-order valence-corrected chi connectivity index (χ4v) is 3.02. The van der Waals surface area contributed by atoms with Gasteiger partial charge in [0.15, 0.2) is 5.78 Å². The molecule has 0 unspecified atom stereocenters. The fourth-order valence-electron chi connectivity index (χ4n) is 3.02. The number of hydrogen-bond donors (Lipinski definition) is 1. The van der Waals surface area contributed by atoms with E-state index in [4.69, 9.17) is 4.74 Å². The van der Waals surface area contributed by atoms with Crippen LogP contribution < -0.4 is 10.2 Å². The predicted molar refractivity (Wildman–Crippen MR) is 78.4 cm³/mol. The molecule has 0 aliphatic heterocycles. The van der Waals surface area contributed by atoms with Crippen molar-refractivity contribution in [1.82, 2.24) is 4.73 Å². The number of Topliss-reactive ketones (excluding diaryl/α,β-unsaturated/α-hetero) is 1. The van der Waals surface area contributed by atoms with E-state index in [-0.39, 0.29) is 22.2 Å². The summed E-state index contributed by atoms with van der Waals surface area (Å²) in [7, 11) is 1.50. The summed E-state index contributed by atoms with van der Waals surface area (Å²) >= 11 is 0. The lowest BCUT2D eigenvalue weighted by molar-refractivity contribution is 0.0885. The first kappa shape index (κ1) is 13.7. The Balaban J connectivity index is 2.41. The number of fused-ring (bicyclic) bond motifs is 2. The molecule has 1 aromatic heterocycles. The SMILES string of the molecule is COc1ccc2c(c1)c(=O)c1c(n2O)CC(C)(C)CC1=O. The van der Waals surface area contributed by atoms with Crippen molar-refractivity contribution in [1.29, 1.82) is 0 Å². The molecule has 1 aliphatic carbocycles. The van der Waals surface area contributed by atoms with E-state index in [0.717, 1.165) is 4.73 Å². The van der Waals surface area contributed by atoms with Gasteiger partial charge in [-0.2, -0.15) is 4.73 Å². The number of ketones is 1. The highest BCUT2D eigenvalue weighted by Gasteiger charge is 2.35. The van der Waals surface area contributed by atoms with Crippen molar-refractivity contribution < 1.29 is 14.7 Å².